The van der Waals surface area contributed by atoms with Crippen LogP contribution in [0.4, 0.5) is 0 Å². The summed E-state index contributed by atoms with van der Waals surface area (Å²) < 4.78 is 5.87. The Kier molecular flexibility index (Phi) is 8.75. The summed E-state index contributed by atoms with van der Waals surface area (Å²) >= 11 is 17.7. The van der Waals surface area contributed by atoms with Crippen LogP contribution in [0.3, 0.4) is 0 Å². The van der Waals surface area contributed by atoms with Crippen molar-refractivity contribution in [3.63, 3.8) is 0 Å². The minimum atomic E-state index is -0.416. The first-order chi connectivity index (χ1) is 7.36. The third kappa shape index (κ3) is 7.67. The molecule has 0 aromatic carbocycles. The van der Waals surface area contributed by atoms with Gasteiger partial charge in [0.25, 0.3) is 0 Å². The van der Waals surface area contributed by atoms with E-state index in [4.69, 9.17) is 29.2 Å². The van der Waals surface area contributed by atoms with Gasteiger partial charge in [-0.15, -0.1) is 12.6 Å². The van der Waals surface area contributed by atoms with Crippen LogP contribution in [0.1, 0.15) is 20.3 Å². The van der Waals surface area contributed by atoms with Crippen molar-refractivity contribution in [2.45, 2.75) is 32.5 Å². The van der Waals surface area contributed by atoms with Gasteiger partial charge in [0.1, 0.15) is 10.4 Å². The number of aliphatic hydroxyl groups is 1. The number of hydrogen-bond acceptors (Lipinski definition) is 4. The van der Waals surface area contributed by atoms with E-state index in [0.717, 1.165) is 0 Å². The van der Waals surface area contributed by atoms with Gasteiger partial charge in [0.2, 0.25) is 4.38 Å². The van der Waals surface area contributed by atoms with E-state index >= 15 is 0 Å². The van der Waals surface area contributed by atoms with Crippen LogP contribution in [0.2, 0.25) is 0 Å². The Balaban J connectivity index is 4.22. The van der Waals surface area contributed by atoms with Crippen molar-refractivity contribution in [1.29, 1.82) is 0 Å². The fraction of sp³-hybridized carbons (Fsp3) is 0.778. The van der Waals surface area contributed by atoms with Crippen LogP contribution in [0.25, 0.3) is 0 Å². The first kappa shape index (κ1) is 16.4. The van der Waals surface area contributed by atoms with Crippen molar-refractivity contribution in [2.24, 2.45) is 0 Å². The summed E-state index contributed by atoms with van der Waals surface area (Å²) in [6, 6.07) is 0. The van der Waals surface area contributed by atoms with E-state index in [1.54, 1.807) is 4.90 Å². The normalized spacial score (nSPS) is 14.1. The average molecular weight is 300 g/mol. The number of thiocarbonyl (C=S) groups is 2. The molecule has 0 aliphatic rings. The van der Waals surface area contributed by atoms with Gasteiger partial charge in [-0.2, -0.15) is 0 Å². The molecule has 0 spiro atoms. The monoisotopic (exact) mass is 299 g/mol. The second kappa shape index (κ2) is 8.52. The molecule has 2 unspecified atom stereocenters. The highest BCUT2D eigenvalue weighted by molar-refractivity contribution is 8.11. The molecule has 7 heteroatoms. The fourth-order valence-corrected chi connectivity index (χ4v) is 1.79. The molecule has 0 saturated carbocycles. The Morgan fingerprint density at radius 1 is 1.38 bits per heavy atom. The molecule has 94 valence electrons. The lowest BCUT2D eigenvalue weighted by molar-refractivity contribution is 0.118. The van der Waals surface area contributed by atoms with E-state index < -0.39 is 6.10 Å². The molecule has 0 rings (SSSR count). The highest BCUT2D eigenvalue weighted by Crippen LogP contribution is 2.06. The Bertz CT molecular complexity index is 250. The molecule has 0 aromatic rings. The molecular weight excluding hydrogens is 282 g/mol. The third-order valence-corrected chi connectivity index (χ3v) is 2.70. The zero-order valence-corrected chi connectivity index (χ0v) is 12.7. The molecule has 0 aliphatic heterocycles. The maximum Gasteiger partial charge on any atom is 0.217 e. The standard InChI is InChI=1S/C9H17NO2S4/c1-3-7(11)5-10(8(13)14)4-6(2)12-9(15)16/h6-7,11H,3-5H2,1-2H3,(H,13,14)(H,15,16). The highest BCUT2D eigenvalue weighted by Gasteiger charge is 2.15. The van der Waals surface area contributed by atoms with Gasteiger partial charge in [0, 0.05) is 6.54 Å². The lowest BCUT2D eigenvalue weighted by atomic mass is 10.2. The average Bonchev–Trinajstić information content (AvgIpc) is 2.14. The highest BCUT2D eigenvalue weighted by atomic mass is 32.1. The first-order valence-corrected chi connectivity index (χ1v) is 6.63. The summed E-state index contributed by atoms with van der Waals surface area (Å²) in [5.74, 6) is 0. The van der Waals surface area contributed by atoms with Gasteiger partial charge in [-0.25, -0.2) is 0 Å². The van der Waals surface area contributed by atoms with E-state index in [2.05, 4.69) is 25.3 Å². The number of rotatable bonds is 6. The molecule has 16 heavy (non-hydrogen) atoms. The molecule has 0 bridgehead atoms. The van der Waals surface area contributed by atoms with Gasteiger partial charge in [-0.3, -0.25) is 0 Å². The second-order valence-corrected chi connectivity index (χ2v) is 5.64. The Morgan fingerprint density at radius 2 is 1.94 bits per heavy atom. The molecular formula is C9H17NO2S4. The molecule has 0 aliphatic carbocycles. The first-order valence-electron chi connectivity index (χ1n) is 4.92. The zero-order valence-electron chi connectivity index (χ0n) is 9.29. The minimum Gasteiger partial charge on any atom is -0.474 e. The van der Waals surface area contributed by atoms with Crippen molar-refractivity contribution < 1.29 is 9.84 Å². The molecule has 0 heterocycles. The van der Waals surface area contributed by atoms with Crippen molar-refractivity contribution in [1.82, 2.24) is 4.90 Å². The predicted octanol–water partition coefficient (Wildman–Crippen LogP) is 1.89. The van der Waals surface area contributed by atoms with Crippen molar-refractivity contribution in [3.8, 4) is 0 Å². The summed E-state index contributed by atoms with van der Waals surface area (Å²) in [6.07, 6.45) is 0.118. The lowest BCUT2D eigenvalue weighted by Crippen LogP contribution is -2.39. The van der Waals surface area contributed by atoms with Gasteiger partial charge in [0.05, 0.1) is 12.6 Å². The van der Waals surface area contributed by atoms with Crippen LogP contribution in [0.5, 0.6) is 0 Å². The van der Waals surface area contributed by atoms with Crippen LogP contribution < -0.4 is 0 Å². The summed E-state index contributed by atoms with van der Waals surface area (Å²) in [4.78, 5) is 1.78. The summed E-state index contributed by atoms with van der Waals surface area (Å²) in [5.41, 5.74) is 0. The number of hydrogen-bond donors (Lipinski definition) is 3. The van der Waals surface area contributed by atoms with Crippen LogP contribution in [-0.2, 0) is 4.74 Å². The van der Waals surface area contributed by atoms with E-state index in [0.29, 0.717) is 23.8 Å². The van der Waals surface area contributed by atoms with E-state index in [-0.39, 0.29) is 10.5 Å². The number of nitrogens with zero attached hydrogens (tertiary/aromatic N) is 1. The molecule has 3 nitrogen and oxygen atoms in total. The Morgan fingerprint density at radius 3 is 2.31 bits per heavy atom. The topological polar surface area (TPSA) is 32.7 Å². The van der Waals surface area contributed by atoms with E-state index in [9.17, 15) is 5.11 Å². The van der Waals surface area contributed by atoms with Crippen molar-refractivity contribution in [3.05, 3.63) is 0 Å². The molecule has 0 amide bonds. The predicted molar refractivity (Wildman–Crippen MR) is 81.6 cm³/mol. The molecule has 0 aromatic heterocycles. The quantitative estimate of drug-likeness (QED) is 0.515. The van der Waals surface area contributed by atoms with E-state index in [1.807, 2.05) is 13.8 Å². The summed E-state index contributed by atoms with van der Waals surface area (Å²) in [6.45, 7) is 4.75. The maximum absolute atomic E-state index is 9.56. The second-order valence-electron chi connectivity index (χ2n) is 3.44. The van der Waals surface area contributed by atoms with Crippen LogP contribution in [0.15, 0.2) is 0 Å². The lowest BCUT2D eigenvalue weighted by Gasteiger charge is -2.27. The fourth-order valence-electron chi connectivity index (χ4n) is 1.13. The van der Waals surface area contributed by atoms with Crippen molar-refractivity contribution >= 4 is 58.4 Å². The molecule has 0 radical (unpaired) electrons. The number of thiol groups is 2. The summed E-state index contributed by atoms with van der Waals surface area (Å²) in [7, 11) is 0. The number of ether oxygens (including phenoxy) is 1. The van der Waals surface area contributed by atoms with Gasteiger partial charge in [-0.05, 0) is 25.6 Å². The largest absolute Gasteiger partial charge is 0.474 e. The summed E-state index contributed by atoms with van der Waals surface area (Å²) in [5, 5.41) is 9.56. The third-order valence-electron chi connectivity index (χ3n) is 1.95. The maximum atomic E-state index is 9.56. The van der Waals surface area contributed by atoms with Gasteiger partial charge >= 0.3 is 0 Å². The smallest absolute Gasteiger partial charge is 0.217 e. The molecule has 2 atom stereocenters. The SMILES string of the molecule is CCC(O)CN(CC(C)OC(=S)S)C(=S)S. The van der Waals surface area contributed by atoms with Crippen LogP contribution in [0, 0.1) is 0 Å². The minimum absolute atomic E-state index is 0.140. The van der Waals surface area contributed by atoms with Gasteiger partial charge in [-0.1, -0.05) is 31.8 Å². The zero-order chi connectivity index (χ0) is 12.7. The van der Waals surface area contributed by atoms with Crippen LogP contribution in [-0.4, -0.2) is 44.0 Å². The van der Waals surface area contributed by atoms with E-state index in [1.165, 1.54) is 0 Å². The molecule has 1 N–H and O–H groups in total. The van der Waals surface area contributed by atoms with Gasteiger partial charge in [0.15, 0.2) is 0 Å². The number of aliphatic hydroxyl groups excluding tert-OH is 1. The Labute approximate surface area is 118 Å². The Hall–Kier alpha value is 0.440. The molecule has 0 fully saturated rings. The van der Waals surface area contributed by atoms with Crippen molar-refractivity contribution in [2.75, 3.05) is 13.1 Å². The van der Waals surface area contributed by atoms with Gasteiger partial charge < -0.3 is 14.7 Å². The molecule has 0 saturated heterocycles. The van der Waals surface area contributed by atoms with Crippen LogP contribution >= 0.6 is 49.7 Å².